The first-order valence-electron chi connectivity index (χ1n) is 7.57. The molecule has 0 saturated carbocycles. The molecule has 118 valence electrons. The van der Waals surface area contributed by atoms with Gasteiger partial charge in [0, 0.05) is 10.9 Å². The molecule has 1 unspecified atom stereocenters. The average molecular weight is 327 g/mol. The standard InChI is InChI=1S/C17H17N3O2S/c1-3-4-16-19-13(10-23-16)12-5-6-15-14(9-12)20(8-7-18)17(21)11(2)22-15/h5-6,9-11H,3-4,8H2,1-2H3. The zero-order valence-corrected chi connectivity index (χ0v) is 13.9. The number of nitriles is 1. The molecular formula is C17H17N3O2S. The van der Waals surface area contributed by atoms with Crippen molar-refractivity contribution in [2.24, 2.45) is 0 Å². The lowest BCUT2D eigenvalue weighted by atomic mass is 10.1. The smallest absolute Gasteiger partial charge is 0.268 e. The molecule has 23 heavy (non-hydrogen) atoms. The number of thiazole rings is 1. The van der Waals surface area contributed by atoms with E-state index in [2.05, 4.69) is 11.9 Å². The van der Waals surface area contributed by atoms with Crippen LogP contribution in [0.4, 0.5) is 5.69 Å². The lowest BCUT2D eigenvalue weighted by molar-refractivity contribution is -0.125. The maximum absolute atomic E-state index is 12.3. The third-order valence-electron chi connectivity index (χ3n) is 3.71. The molecule has 0 aliphatic carbocycles. The minimum Gasteiger partial charge on any atom is -0.479 e. The normalized spacial score (nSPS) is 16.7. The molecule has 1 aliphatic heterocycles. The van der Waals surface area contributed by atoms with E-state index < -0.39 is 6.10 Å². The van der Waals surface area contributed by atoms with Crippen molar-refractivity contribution < 1.29 is 9.53 Å². The van der Waals surface area contributed by atoms with Crippen molar-refractivity contribution in [2.45, 2.75) is 32.8 Å². The van der Waals surface area contributed by atoms with E-state index in [1.54, 1.807) is 18.3 Å². The van der Waals surface area contributed by atoms with E-state index >= 15 is 0 Å². The Bertz CT molecular complexity index is 778. The number of carbonyl (C=O) groups excluding carboxylic acids is 1. The van der Waals surface area contributed by atoms with Gasteiger partial charge in [-0.1, -0.05) is 6.92 Å². The largest absolute Gasteiger partial charge is 0.479 e. The van der Waals surface area contributed by atoms with Gasteiger partial charge in [0.1, 0.15) is 12.3 Å². The summed E-state index contributed by atoms with van der Waals surface area (Å²) in [5.41, 5.74) is 2.46. The molecule has 1 atom stereocenters. The highest BCUT2D eigenvalue weighted by Gasteiger charge is 2.31. The van der Waals surface area contributed by atoms with Gasteiger partial charge in [-0.05, 0) is 38.0 Å². The first-order chi connectivity index (χ1) is 11.1. The van der Waals surface area contributed by atoms with Crippen LogP contribution < -0.4 is 9.64 Å². The van der Waals surface area contributed by atoms with Crippen molar-refractivity contribution in [3.63, 3.8) is 0 Å². The minimum absolute atomic E-state index is 0.0150. The van der Waals surface area contributed by atoms with Gasteiger partial charge >= 0.3 is 0 Å². The SMILES string of the molecule is CCCc1nc(-c2ccc3c(c2)N(CC#N)C(=O)C(C)O3)cs1. The molecule has 0 bridgehead atoms. The van der Waals surface area contributed by atoms with E-state index in [1.165, 1.54) is 4.90 Å². The predicted molar refractivity (Wildman–Crippen MR) is 89.6 cm³/mol. The number of aromatic nitrogens is 1. The number of carbonyl (C=O) groups is 1. The number of fused-ring (bicyclic) bond motifs is 1. The second kappa shape index (κ2) is 6.39. The summed E-state index contributed by atoms with van der Waals surface area (Å²) in [5, 5.41) is 12.1. The third kappa shape index (κ3) is 2.92. The lowest BCUT2D eigenvalue weighted by Gasteiger charge is -2.31. The Hall–Kier alpha value is -2.39. The van der Waals surface area contributed by atoms with Gasteiger partial charge in [0.25, 0.3) is 5.91 Å². The Morgan fingerprint density at radius 2 is 2.30 bits per heavy atom. The lowest BCUT2D eigenvalue weighted by Crippen LogP contribution is -2.44. The van der Waals surface area contributed by atoms with Crippen molar-refractivity contribution >= 4 is 22.9 Å². The number of hydrogen-bond acceptors (Lipinski definition) is 5. The number of benzene rings is 1. The van der Waals surface area contributed by atoms with Crippen LogP contribution in [0, 0.1) is 11.3 Å². The molecule has 6 heteroatoms. The van der Waals surface area contributed by atoms with Gasteiger partial charge in [-0.2, -0.15) is 5.26 Å². The molecule has 0 saturated heterocycles. The Morgan fingerprint density at radius 1 is 1.48 bits per heavy atom. The van der Waals surface area contributed by atoms with E-state index in [1.807, 2.05) is 29.6 Å². The number of hydrogen-bond donors (Lipinski definition) is 0. The number of nitrogens with zero attached hydrogens (tertiary/aromatic N) is 3. The van der Waals surface area contributed by atoms with Crippen LogP contribution in [0.2, 0.25) is 0 Å². The van der Waals surface area contributed by atoms with Crippen molar-refractivity contribution in [1.82, 2.24) is 4.98 Å². The first-order valence-corrected chi connectivity index (χ1v) is 8.45. The molecule has 5 nitrogen and oxygen atoms in total. The summed E-state index contributed by atoms with van der Waals surface area (Å²) in [6.07, 6.45) is 1.46. The number of anilines is 1. The predicted octanol–water partition coefficient (Wildman–Crippen LogP) is 3.40. The Morgan fingerprint density at radius 3 is 3.04 bits per heavy atom. The van der Waals surface area contributed by atoms with Crippen molar-refractivity contribution in [1.29, 1.82) is 5.26 Å². The Balaban J connectivity index is 2.00. The highest BCUT2D eigenvalue weighted by molar-refractivity contribution is 7.09. The van der Waals surface area contributed by atoms with Gasteiger partial charge in [-0.15, -0.1) is 11.3 Å². The first kappa shape index (κ1) is 15.5. The fourth-order valence-electron chi connectivity index (χ4n) is 2.57. The molecule has 3 rings (SSSR count). The summed E-state index contributed by atoms with van der Waals surface area (Å²) in [6.45, 7) is 3.84. The molecule has 1 aromatic carbocycles. The van der Waals surface area contributed by atoms with Crippen molar-refractivity contribution in [3.8, 4) is 23.1 Å². The molecule has 1 amide bonds. The summed E-state index contributed by atoms with van der Waals surface area (Å²) in [5.74, 6) is 0.432. The quantitative estimate of drug-likeness (QED) is 0.807. The van der Waals surface area contributed by atoms with Crippen LogP contribution in [0.5, 0.6) is 5.75 Å². The van der Waals surface area contributed by atoms with E-state index in [4.69, 9.17) is 10.00 Å². The number of aryl methyl sites for hydroxylation is 1. The summed E-state index contributed by atoms with van der Waals surface area (Å²) in [7, 11) is 0. The zero-order chi connectivity index (χ0) is 16.4. The van der Waals surface area contributed by atoms with Gasteiger partial charge in [-0.25, -0.2) is 4.98 Å². The molecule has 1 aliphatic rings. The van der Waals surface area contributed by atoms with E-state index in [0.717, 1.165) is 29.1 Å². The molecule has 0 spiro atoms. The van der Waals surface area contributed by atoms with E-state index in [0.29, 0.717) is 11.4 Å². The molecule has 2 aromatic rings. The van der Waals surface area contributed by atoms with Crippen LogP contribution >= 0.6 is 11.3 Å². The second-order valence-electron chi connectivity index (χ2n) is 5.40. The monoisotopic (exact) mass is 327 g/mol. The summed E-state index contributed by atoms with van der Waals surface area (Å²) < 4.78 is 5.64. The fraction of sp³-hybridized carbons (Fsp3) is 0.353. The van der Waals surface area contributed by atoms with Crippen molar-refractivity contribution in [3.05, 3.63) is 28.6 Å². The van der Waals surface area contributed by atoms with Gasteiger partial charge in [0.2, 0.25) is 0 Å². The van der Waals surface area contributed by atoms with Gasteiger partial charge in [-0.3, -0.25) is 9.69 Å². The van der Waals surface area contributed by atoms with E-state index in [-0.39, 0.29) is 12.5 Å². The van der Waals surface area contributed by atoms with Crippen LogP contribution in [-0.4, -0.2) is 23.5 Å². The fourth-order valence-corrected chi connectivity index (χ4v) is 3.48. The molecule has 2 heterocycles. The maximum atomic E-state index is 12.3. The van der Waals surface area contributed by atoms with Crippen LogP contribution in [0.3, 0.4) is 0 Å². The second-order valence-corrected chi connectivity index (χ2v) is 6.34. The van der Waals surface area contributed by atoms with Crippen LogP contribution in [0.25, 0.3) is 11.3 Å². The third-order valence-corrected chi connectivity index (χ3v) is 4.62. The molecule has 0 N–H and O–H groups in total. The maximum Gasteiger partial charge on any atom is 0.268 e. The Kier molecular flexibility index (Phi) is 4.30. The molecular weight excluding hydrogens is 310 g/mol. The number of ether oxygens (including phenoxy) is 1. The van der Waals surface area contributed by atoms with Gasteiger partial charge in [0.15, 0.2) is 6.10 Å². The van der Waals surface area contributed by atoms with Crippen LogP contribution in [0.1, 0.15) is 25.3 Å². The van der Waals surface area contributed by atoms with Gasteiger partial charge in [0.05, 0.1) is 22.5 Å². The van der Waals surface area contributed by atoms with E-state index in [9.17, 15) is 4.79 Å². The van der Waals surface area contributed by atoms with Crippen molar-refractivity contribution in [2.75, 3.05) is 11.4 Å². The Labute approximate surface area is 139 Å². The van der Waals surface area contributed by atoms with Gasteiger partial charge < -0.3 is 4.74 Å². The zero-order valence-electron chi connectivity index (χ0n) is 13.1. The van der Waals surface area contributed by atoms with Crippen LogP contribution in [0.15, 0.2) is 23.6 Å². The average Bonchev–Trinajstić information content (AvgIpc) is 3.00. The number of rotatable bonds is 4. The topological polar surface area (TPSA) is 66.2 Å². The minimum atomic E-state index is -0.572. The molecule has 1 aromatic heterocycles. The molecule has 0 radical (unpaired) electrons. The number of amides is 1. The highest BCUT2D eigenvalue weighted by atomic mass is 32.1. The summed E-state index contributed by atoms with van der Waals surface area (Å²) >= 11 is 1.64. The highest BCUT2D eigenvalue weighted by Crippen LogP contribution is 2.37. The molecule has 0 fully saturated rings. The summed E-state index contributed by atoms with van der Waals surface area (Å²) in [6, 6.07) is 7.71. The summed E-state index contributed by atoms with van der Waals surface area (Å²) in [4.78, 5) is 18.4. The van der Waals surface area contributed by atoms with Crippen LogP contribution in [-0.2, 0) is 11.2 Å².